The maximum atomic E-state index is 11.9. The van der Waals surface area contributed by atoms with Gasteiger partial charge in [0.15, 0.2) is 0 Å². The smallest absolute Gasteiger partial charge is 0.356 e. The van der Waals surface area contributed by atoms with Crippen LogP contribution in [0.5, 0.6) is 0 Å². The van der Waals surface area contributed by atoms with Crippen LogP contribution in [-0.2, 0) is 11.3 Å². The Morgan fingerprint density at radius 2 is 2.46 bits per heavy atom. The van der Waals surface area contributed by atoms with E-state index in [-0.39, 0.29) is 5.69 Å². The molecule has 0 aliphatic heterocycles. The maximum absolute atomic E-state index is 11.9. The van der Waals surface area contributed by atoms with Crippen molar-refractivity contribution < 1.29 is 18.3 Å². The van der Waals surface area contributed by atoms with Crippen LogP contribution in [0.2, 0.25) is 0 Å². The van der Waals surface area contributed by atoms with E-state index in [1.807, 2.05) is 0 Å². The van der Waals surface area contributed by atoms with Crippen molar-refractivity contribution in [1.29, 1.82) is 0 Å². The second-order valence-electron chi connectivity index (χ2n) is 2.28. The van der Waals surface area contributed by atoms with E-state index in [1.165, 1.54) is 19.4 Å². The summed E-state index contributed by atoms with van der Waals surface area (Å²) < 4.78 is 29.2. The zero-order valence-electron chi connectivity index (χ0n) is 6.91. The van der Waals surface area contributed by atoms with Crippen molar-refractivity contribution in [3.63, 3.8) is 0 Å². The lowest BCUT2D eigenvalue weighted by atomic mass is 10.4. The maximum Gasteiger partial charge on any atom is 0.356 e. The molecule has 0 bridgehead atoms. The van der Waals surface area contributed by atoms with Crippen molar-refractivity contribution >= 4 is 5.97 Å². The van der Waals surface area contributed by atoms with Gasteiger partial charge in [0.05, 0.1) is 7.11 Å². The van der Waals surface area contributed by atoms with Crippen LogP contribution in [0.1, 0.15) is 10.5 Å². The molecule has 0 saturated carbocycles. The molecule has 1 heterocycles. The van der Waals surface area contributed by atoms with Crippen LogP contribution in [0.15, 0.2) is 12.3 Å². The highest BCUT2D eigenvalue weighted by molar-refractivity contribution is 5.87. The molecule has 1 aromatic heterocycles. The summed E-state index contributed by atoms with van der Waals surface area (Å²) in [4.78, 5) is 10.9. The number of alkyl halides is 2. The number of hydrogen-bond acceptors (Lipinski definition) is 3. The van der Waals surface area contributed by atoms with E-state index >= 15 is 0 Å². The summed E-state index contributed by atoms with van der Waals surface area (Å²) in [5.74, 6) is -0.668. The lowest BCUT2D eigenvalue weighted by Gasteiger charge is -2.04. The molecule has 0 atom stereocenters. The summed E-state index contributed by atoms with van der Waals surface area (Å²) in [5.41, 5.74) is 0.0304. The van der Waals surface area contributed by atoms with Gasteiger partial charge in [-0.1, -0.05) is 0 Å². The molecule has 0 spiro atoms. The first-order valence-corrected chi connectivity index (χ1v) is 3.53. The molecule has 0 radical (unpaired) electrons. The van der Waals surface area contributed by atoms with Gasteiger partial charge in [-0.2, -0.15) is 5.10 Å². The highest BCUT2D eigenvalue weighted by Crippen LogP contribution is 2.04. The van der Waals surface area contributed by atoms with E-state index in [0.717, 1.165) is 4.68 Å². The third kappa shape index (κ3) is 2.24. The average Bonchev–Trinajstić information content (AvgIpc) is 2.50. The molecule has 0 amide bonds. The zero-order chi connectivity index (χ0) is 9.84. The van der Waals surface area contributed by atoms with Gasteiger partial charge in [-0.05, 0) is 6.07 Å². The molecule has 0 fully saturated rings. The summed E-state index contributed by atoms with van der Waals surface area (Å²) in [6.07, 6.45) is -1.27. The molecule has 0 aliphatic rings. The van der Waals surface area contributed by atoms with E-state index in [2.05, 4.69) is 9.84 Å². The normalized spacial score (nSPS) is 10.5. The number of ether oxygens (including phenoxy) is 1. The lowest BCUT2D eigenvalue weighted by molar-refractivity contribution is 0.0576. The highest BCUT2D eigenvalue weighted by atomic mass is 19.3. The van der Waals surface area contributed by atoms with Crippen LogP contribution < -0.4 is 0 Å². The minimum Gasteiger partial charge on any atom is -0.464 e. The van der Waals surface area contributed by atoms with Gasteiger partial charge < -0.3 is 4.74 Å². The fraction of sp³-hybridized carbons (Fsp3) is 0.429. The van der Waals surface area contributed by atoms with E-state index in [4.69, 9.17) is 0 Å². The number of hydrogen-bond donors (Lipinski definition) is 0. The number of nitrogens with zero attached hydrogens (tertiary/aromatic N) is 2. The number of rotatable bonds is 3. The summed E-state index contributed by atoms with van der Waals surface area (Å²) in [6.45, 7) is -0.600. The monoisotopic (exact) mass is 190 g/mol. The SMILES string of the molecule is COC(=O)c1ccnn1CC(F)F. The zero-order valence-corrected chi connectivity index (χ0v) is 6.91. The molecular weight excluding hydrogens is 182 g/mol. The Balaban J connectivity index is 2.83. The predicted molar refractivity (Wildman–Crippen MR) is 39.6 cm³/mol. The molecule has 0 aliphatic carbocycles. The Hall–Kier alpha value is -1.46. The Kier molecular flexibility index (Phi) is 2.94. The second-order valence-corrected chi connectivity index (χ2v) is 2.28. The molecule has 4 nitrogen and oxygen atoms in total. The van der Waals surface area contributed by atoms with Crippen molar-refractivity contribution in [2.75, 3.05) is 7.11 Å². The molecule has 6 heteroatoms. The van der Waals surface area contributed by atoms with E-state index in [1.54, 1.807) is 0 Å². The van der Waals surface area contributed by atoms with Gasteiger partial charge in [0.25, 0.3) is 6.43 Å². The largest absolute Gasteiger partial charge is 0.464 e. The number of carbonyl (C=O) groups is 1. The quantitative estimate of drug-likeness (QED) is 0.666. The molecule has 72 valence electrons. The van der Waals surface area contributed by atoms with Gasteiger partial charge >= 0.3 is 5.97 Å². The Morgan fingerprint density at radius 3 is 3.00 bits per heavy atom. The number of aromatic nitrogens is 2. The summed E-state index contributed by atoms with van der Waals surface area (Å²) in [7, 11) is 1.18. The molecular formula is C7H8F2N2O2. The fourth-order valence-corrected chi connectivity index (χ4v) is 0.887. The summed E-state index contributed by atoms with van der Waals surface area (Å²) in [6, 6.07) is 1.33. The van der Waals surface area contributed by atoms with Crippen molar-refractivity contribution in [1.82, 2.24) is 9.78 Å². The van der Waals surface area contributed by atoms with Crippen LogP contribution >= 0.6 is 0 Å². The van der Waals surface area contributed by atoms with Crippen LogP contribution in [0.25, 0.3) is 0 Å². The number of methoxy groups -OCH3 is 1. The highest BCUT2D eigenvalue weighted by Gasteiger charge is 2.14. The lowest BCUT2D eigenvalue weighted by Crippen LogP contribution is -2.15. The van der Waals surface area contributed by atoms with Crippen LogP contribution in [0.4, 0.5) is 8.78 Å². The standard InChI is InChI=1S/C7H8F2N2O2/c1-13-7(12)5-2-3-10-11(5)4-6(8)9/h2-3,6H,4H2,1H3. The Labute approximate surface area is 73.1 Å². The summed E-state index contributed by atoms with van der Waals surface area (Å²) in [5, 5.41) is 3.56. The first-order valence-electron chi connectivity index (χ1n) is 3.53. The van der Waals surface area contributed by atoms with Gasteiger partial charge in [-0.3, -0.25) is 4.68 Å². The third-order valence-electron chi connectivity index (χ3n) is 1.42. The fourth-order valence-electron chi connectivity index (χ4n) is 0.887. The first kappa shape index (κ1) is 9.63. The van der Waals surface area contributed by atoms with Crippen molar-refractivity contribution in [3.8, 4) is 0 Å². The average molecular weight is 190 g/mol. The minimum absolute atomic E-state index is 0.0304. The van der Waals surface area contributed by atoms with E-state index < -0.39 is 18.9 Å². The van der Waals surface area contributed by atoms with Crippen molar-refractivity contribution in [2.45, 2.75) is 13.0 Å². The number of carbonyl (C=O) groups excluding carboxylic acids is 1. The van der Waals surface area contributed by atoms with Gasteiger partial charge in [0, 0.05) is 6.20 Å². The topological polar surface area (TPSA) is 44.1 Å². The number of esters is 1. The van der Waals surface area contributed by atoms with Crippen LogP contribution in [0.3, 0.4) is 0 Å². The molecule has 1 aromatic rings. The summed E-state index contributed by atoms with van der Waals surface area (Å²) >= 11 is 0. The van der Waals surface area contributed by atoms with E-state index in [0.29, 0.717) is 0 Å². The van der Waals surface area contributed by atoms with Crippen LogP contribution in [0, 0.1) is 0 Å². The molecule has 0 aromatic carbocycles. The Morgan fingerprint density at radius 1 is 1.77 bits per heavy atom. The first-order chi connectivity index (χ1) is 6.15. The van der Waals surface area contributed by atoms with E-state index in [9.17, 15) is 13.6 Å². The molecule has 0 unspecified atom stereocenters. The second kappa shape index (κ2) is 3.97. The molecule has 0 saturated heterocycles. The number of halogens is 2. The Bertz CT molecular complexity index is 298. The van der Waals surface area contributed by atoms with Gasteiger partial charge in [-0.15, -0.1) is 0 Å². The molecule has 0 N–H and O–H groups in total. The van der Waals surface area contributed by atoms with Crippen molar-refractivity contribution in [2.24, 2.45) is 0 Å². The van der Waals surface area contributed by atoms with Gasteiger partial charge in [-0.25, -0.2) is 13.6 Å². The van der Waals surface area contributed by atoms with Gasteiger partial charge in [0.2, 0.25) is 0 Å². The molecule has 13 heavy (non-hydrogen) atoms. The predicted octanol–water partition coefficient (Wildman–Crippen LogP) is 0.935. The third-order valence-corrected chi connectivity index (χ3v) is 1.42. The van der Waals surface area contributed by atoms with Crippen LogP contribution in [-0.4, -0.2) is 29.3 Å². The van der Waals surface area contributed by atoms with Crippen molar-refractivity contribution in [3.05, 3.63) is 18.0 Å². The van der Waals surface area contributed by atoms with Gasteiger partial charge in [0.1, 0.15) is 12.2 Å². The minimum atomic E-state index is -2.54. The molecule has 1 rings (SSSR count).